The van der Waals surface area contributed by atoms with Crippen molar-refractivity contribution in [3.63, 3.8) is 0 Å². The fourth-order valence-electron chi connectivity index (χ4n) is 3.05. The zero-order valence-corrected chi connectivity index (χ0v) is 10.5. The standard InChI is InChI=1S/C13H17FN2O/c1-13(2)6-8-9(7-13)16-5-4-15(3)12(17)11(16)10(8)14/h4-7H2,1-3H3. The molecule has 1 aliphatic carbocycles. The molecule has 2 aliphatic rings. The van der Waals surface area contributed by atoms with Gasteiger partial charge in [-0.25, -0.2) is 4.39 Å². The Morgan fingerprint density at radius 3 is 2.65 bits per heavy atom. The summed E-state index contributed by atoms with van der Waals surface area (Å²) in [5.74, 6) is -0.455. The van der Waals surface area contributed by atoms with Gasteiger partial charge in [-0.2, -0.15) is 0 Å². The Labute approximate surface area is 100 Å². The van der Waals surface area contributed by atoms with Gasteiger partial charge in [0.05, 0.1) is 0 Å². The van der Waals surface area contributed by atoms with Crippen molar-refractivity contribution in [3.8, 4) is 0 Å². The molecule has 92 valence electrons. The van der Waals surface area contributed by atoms with Crippen LogP contribution >= 0.6 is 0 Å². The van der Waals surface area contributed by atoms with Crippen molar-refractivity contribution < 1.29 is 9.18 Å². The highest BCUT2D eigenvalue weighted by atomic mass is 19.1. The Kier molecular flexibility index (Phi) is 1.98. The Hall–Kier alpha value is -1.32. The average Bonchev–Trinajstić information content (AvgIpc) is 2.67. The average molecular weight is 236 g/mol. The number of halogens is 1. The first-order valence-corrected chi connectivity index (χ1v) is 6.06. The maximum Gasteiger partial charge on any atom is 0.273 e. The first-order valence-electron chi connectivity index (χ1n) is 6.06. The Bertz CT molecular complexity index is 516. The number of amides is 1. The van der Waals surface area contributed by atoms with E-state index in [9.17, 15) is 9.18 Å². The zero-order chi connectivity index (χ0) is 12.4. The monoisotopic (exact) mass is 236 g/mol. The van der Waals surface area contributed by atoms with Gasteiger partial charge in [0.25, 0.3) is 5.91 Å². The fourth-order valence-corrected chi connectivity index (χ4v) is 3.05. The minimum Gasteiger partial charge on any atom is -0.339 e. The van der Waals surface area contributed by atoms with Crippen LogP contribution in [0.2, 0.25) is 0 Å². The van der Waals surface area contributed by atoms with Crippen molar-refractivity contribution in [2.24, 2.45) is 5.41 Å². The molecule has 0 aromatic carbocycles. The lowest BCUT2D eigenvalue weighted by Gasteiger charge is -2.26. The predicted molar refractivity (Wildman–Crippen MR) is 62.5 cm³/mol. The van der Waals surface area contributed by atoms with E-state index < -0.39 is 0 Å². The second-order valence-corrected chi connectivity index (χ2v) is 5.98. The van der Waals surface area contributed by atoms with Gasteiger partial charge >= 0.3 is 0 Å². The highest BCUT2D eigenvalue weighted by molar-refractivity contribution is 5.94. The quantitative estimate of drug-likeness (QED) is 0.674. The molecule has 3 rings (SSSR count). The minimum absolute atomic E-state index is 0.125. The van der Waals surface area contributed by atoms with Crippen molar-refractivity contribution >= 4 is 5.91 Å². The van der Waals surface area contributed by atoms with Gasteiger partial charge in [-0.1, -0.05) is 13.8 Å². The molecule has 0 unspecified atom stereocenters. The Morgan fingerprint density at radius 2 is 1.94 bits per heavy atom. The molecule has 0 radical (unpaired) electrons. The maximum atomic E-state index is 14.3. The van der Waals surface area contributed by atoms with Crippen LogP contribution in [0, 0.1) is 11.2 Å². The van der Waals surface area contributed by atoms with E-state index in [1.165, 1.54) is 0 Å². The van der Waals surface area contributed by atoms with Crippen LogP contribution in [0.3, 0.4) is 0 Å². The lowest BCUT2D eigenvalue weighted by Crippen LogP contribution is -2.38. The molecule has 1 amide bonds. The molecule has 17 heavy (non-hydrogen) atoms. The summed E-state index contributed by atoms with van der Waals surface area (Å²) in [5.41, 5.74) is 2.22. The zero-order valence-electron chi connectivity index (χ0n) is 10.5. The molecule has 0 spiro atoms. The van der Waals surface area contributed by atoms with E-state index in [-0.39, 0.29) is 22.8 Å². The van der Waals surface area contributed by atoms with Crippen molar-refractivity contribution in [3.05, 3.63) is 22.8 Å². The highest BCUT2D eigenvalue weighted by Gasteiger charge is 2.39. The van der Waals surface area contributed by atoms with E-state index >= 15 is 0 Å². The number of rotatable bonds is 0. The lowest BCUT2D eigenvalue weighted by atomic mass is 9.90. The molecule has 1 aromatic heterocycles. The van der Waals surface area contributed by atoms with Crippen LogP contribution in [0.1, 0.15) is 35.6 Å². The Morgan fingerprint density at radius 1 is 1.24 bits per heavy atom. The summed E-state index contributed by atoms with van der Waals surface area (Å²) in [6.45, 7) is 5.69. The third-order valence-corrected chi connectivity index (χ3v) is 3.93. The smallest absolute Gasteiger partial charge is 0.273 e. The first kappa shape index (κ1) is 10.8. The van der Waals surface area contributed by atoms with Crippen LogP contribution in [0.5, 0.6) is 0 Å². The van der Waals surface area contributed by atoms with Gasteiger partial charge in [-0.3, -0.25) is 4.79 Å². The number of hydrogen-bond donors (Lipinski definition) is 0. The molecule has 0 saturated carbocycles. The van der Waals surface area contributed by atoms with Crippen molar-refractivity contribution in [1.29, 1.82) is 0 Å². The Balaban J connectivity index is 2.16. The van der Waals surface area contributed by atoms with E-state index in [0.717, 1.165) is 30.6 Å². The fraction of sp³-hybridized carbons (Fsp3) is 0.615. The molecule has 0 saturated heterocycles. The number of likely N-dealkylation sites (N-methyl/N-ethyl adjacent to an activating group) is 1. The molecular weight excluding hydrogens is 219 g/mol. The topological polar surface area (TPSA) is 25.2 Å². The number of carbonyl (C=O) groups is 1. The summed E-state index contributed by atoms with van der Waals surface area (Å²) >= 11 is 0. The molecule has 1 aromatic rings. The predicted octanol–water partition coefficient (Wildman–Crippen LogP) is 1.84. The summed E-state index contributed by atoms with van der Waals surface area (Å²) in [5, 5.41) is 0. The summed E-state index contributed by atoms with van der Waals surface area (Å²) < 4.78 is 16.2. The molecule has 2 heterocycles. The first-order chi connectivity index (χ1) is 7.91. The number of hydrogen-bond acceptors (Lipinski definition) is 1. The summed E-state index contributed by atoms with van der Waals surface area (Å²) in [6.07, 6.45) is 1.61. The number of fused-ring (bicyclic) bond motifs is 3. The lowest BCUT2D eigenvalue weighted by molar-refractivity contribution is 0.0740. The van der Waals surface area contributed by atoms with Crippen molar-refractivity contribution in [1.82, 2.24) is 9.47 Å². The van der Waals surface area contributed by atoms with Crippen molar-refractivity contribution in [2.75, 3.05) is 13.6 Å². The maximum absolute atomic E-state index is 14.3. The van der Waals surface area contributed by atoms with E-state index in [2.05, 4.69) is 13.8 Å². The molecule has 0 N–H and O–H groups in total. The van der Waals surface area contributed by atoms with Crippen LogP contribution in [0.25, 0.3) is 0 Å². The van der Waals surface area contributed by atoms with Crippen LogP contribution in [0.4, 0.5) is 4.39 Å². The number of carbonyl (C=O) groups excluding carboxylic acids is 1. The second kappa shape index (κ2) is 3.12. The molecule has 3 nitrogen and oxygen atoms in total. The largest absolute Gasteiger partial charge is 0.339 e. The van der Waals surface area contributed by atoms with Gasteiger partial charge in [-0.05, 0) is 18.3 Å². The molecule has 0 bridgehead atoms. The minimum atomic E-state index is -0.276. The van der Waals surface area contributed by atoms with E-state index in [1.54, 1.807) is 11.9 Å². The van der Waals surface area contributed by atoms with Crippen molar-refractivity contribution in [2.45, 2.75) is 33.2 Å². The third-order valence-electron chi connectivity index (χ3n) is 3.93. The van der Waals surface area contributed by atoms with Gasteiger partial charge < -0.3 is 9.47 Å². The van der Waals surface area contributed by atoms with Crippen LogP contribution in [-0.2, 0) is 19.4 Å². The summed E-state index contributed by atoms with van der Waals surface area (Å²) in [6, 6.07) is 0. The highest BCUT2D eigenvalue weighted by Crippen LogP contribution is 2.40. The molecule has 0 fully saturated rings. The van der Waals surface area contributed by atoms with E-state index in [0.29, 0.717) is 6.54 Å². The van der Waals surface area contributed by atoms with Gasteiger partial charge in [-0.15, -0.1) is 0 Å². The van der Waals surface area contributed by atoms with Gasteiger partial charge in [0.1, 0.15) is 5.69 Å². The summed E-state index contributed by atoms with van der Waals surface area (Å²) in [4.78, 5) is 13.6. The van der Waals surface area contributed by atoms with Crippen LogP contribution in [-0.4, -0.2) is 29.0 Å². The normalized spacial score (nSPS) is 21.6. The molecule has 0 atom stereocenters. The second-order valence-electron chi connectivity index (χ2n) is 5.98. The van der Waals surface area contributed by atoms with Gasteiger partial charge in [0, 0.05) is 31.4 Å². The SMILES string of the molecule is CN1CCn2c3c(c(F)c2C1=O)CC(C)(C)C3. The summed E-state index contributed by atoms with van der Waals surface area (Å²) in [7, 11) is 1.73. The number of nitrogens with zero attached hydrogens (tertiary/aromatic N) is 2. The number of aromatic nitrogens is 1. The molecule has 1 aliphatic heterocycles. The van der Waals surface area contributed by atoms with E-state index in [4.69, 9.17) is 0 Å². The third kappa shape index (κ3) is 1.36. The molecule has 4 heteroatoms. The van der Waals surface area contributed by atoms with Gasteiger partial charge in [0.15, 0.2) is 5.82 Å². The molecular formula is C13H17FN2O. The van der Waals surface area contributed by atoms with Crippen LogP contribution in [0.15, 0.2) is 0 Å². The van der Waals surface area contributed by atoms with E-state index in [1.807, 2.05) is 4.57 Å². The van der Waals surface area contributed by atoms with Crippen LogP contribution < -0.4 is 0 Å². The van der Waals surface area contributed by atoms with Gasteiger partial charge in [0.2, 0.25) is 0 Å².